The number of aryl methyl sites for hydroxylation is 1. The molecule has 4 aromatic rings. The first-order valence-electron chi connectivity index (χ1n) is 8.94. The van der Waals surface area contributed by atoms with Crippen LogP contribution in [-0.4, -0.2) is 29.4 Å². The molecule has 4 rings (SSSR count). The number of rotatable bonds is 6. The molecule has 2 aromatic heterocycles. The number of fused-ring (bicyclic) bond motifs is 1. The summed E-state index contributed by atoms with van der Waals surface area (Å²) >= 11 is 0. The molecule has 8 heteroatoms. The van der Waals surface area contributed by atoms with Crippen molar-refractivity contribution in [2.75, 3.05) is 0 Å². The number of hydrogen-bond acceptors (Lipinski definition) is 4. The third kappa shape index (κ3) is 3.27. The molecule has 0 spiro atoms. The predicted molar refractivity (Wildman–Crippen MR) is 99.4 cm³/mol. The molecule has 0 aliphatic rings. The fourth-order valence-corrected chi connectivity index (χ4v) is 3.50. The van der Waals surface area contributed by atoms with Gasteiger partial charge >= 0.3 is 0 Å². The van der Waals surface area contributed by atoms with E-state index in [4.69, 9.17) is 0 Å². The molecule has 1 atom stereocenters. The highest BCUT2D eigenvalue weighted by molar-refractivity contribution is 5.76. The van der Waals surface area contributed by atoms with Crippen LogP contribution in [0.4, 0.5) is 8.78 Å². The number of halogens is 2. The number of nitrogens with zero attached hydrogens (tertiary/aromatic N) is 5. The summed E-state index contributed by atoms with van der Waals surface area (Å²) in [5.41, 5.74) is -0.0797. The van der Waals surface area contributed by atoms with Crippen LogP contribution in [0.25, 0.3) is 11.0 Å². The molecule has 0 fully saturated rings. The molecular formula is C20H19F2N5O. The second-order valence-electron chi connectivity index (χ2n) is 6.71. The monoisotopic (exact) mass is 383 g/mol. The highest BCUT2D eigenvalue weighted by atomic mass is 19.1. The maximum absolute atomic E-state index is 14.6. The Bertz CT molecular complexity index is 1110. The highest BCUT2D eigenvalue weighted by Gasteiger charge is 2.35. The summed E-state index contributed by atoms with van der Waals surface area (Å²) in [6.45, 7) is 1.94. The summed E-state index contributed by atoms with van der Waals surface area (Å²) in [6.07, 6.45) is 3.42. The average molecular weight is 383 g/mol. The molecule has 28 heavy (non-hydrogen) atoms. The van der Waals surface area contributed by atoms with Crippen LogP contribution in [0, 0.1) is 11.6 Å². The third-order valence-electron chi connectivity index (χ3n) is 4.79. The van der Waals surface area contributed by atoms with E-state index >= 15 is 0 Å². The summed E-state index contributed by atoms with van der Waals surface area (Å²) in [5.74, 6) is -0.752. The number of imidazole rings is 1. The van der Waals surface area contributed by atoms with E-state index in [0.717, 1.165) is 29.0 Å². The first-order valence-corrected chi connectivity index (χ1v) is 8.94. The second-order valence-corrected chi connectivity index (χ2v) is 6.71. The van der Waals surface area contributed by atoms with Gasteiger partial charge < -0.3 is 9.67 Å². The lowest BCUT2D eigenvalue weighted by Gasteiger charge is -2.30. The van der Waals surface area contributed by atoms with E-state index in [1.165, 1.54) is 23.4 Å². The number of aliphatic hydroxyl groups is 1. The fraction of sp³-hybridized carbons (Fsp3) is 0.250. The van der Waals surface area contributed by atoms with Crippen LogP contribution in [-0.2, 0) is 25.1 Å². The van der Waals surface area contributed by atoms with Crippen LogP contribution in [0.15, 0.2) is 55.1 Å². The van der Waals surface area contributed by atoms with Crippen LogP contribution in [0.5, 0.6) is 0 Å². The van der Waals surface area contributed by atoms with Crippen molar-refractivity contribution in [1.29, 1.82) is 0 Å². The van der Waals surface area contributed by atoms with Crippen molar-refractivity contribution in [3.8, 4) is 0 Å². The van der Waals surface area contributed by atoms with Gasteiger partial charge in [-0.25, -0.2) is 23.4 Å². The van der Waals surface area contributed by atoms with Gasteiger partial charge in [-0.3, -0.25) is 0 Å². The quantitative estimate of drug-likeness (QED) is 0.556. The zero-order chi connectivity index (χ0) is 19.7. The van der Waals surface area contributed by atoms with Gasteiger partial charge in [-0.1, -0.05) is 25.1 Å². The van der Waals surface area contributed by atoms with E-state index in [-0.39, 0.29) is 18.7 Å². The van der Waals surface area contributed by atoms with E-state index in [9.17, 15) is 13.9 Å². The first kappa shape index (κ1) is 18.2. The normalized spacial score (nSPS) is 13.7. The molecular weight excluding hydrogens is 364 g/mol. The van der Waals surface area contributed by atoms with Crippen molar-refractivity contribution in [2.45, 2.75) is 32.0 Å². The minimum Gasteiger partial charge on any atom is -0.381 e. The van der Waals surface area contributed by atoms with Gasteiger partial charge in [0, 0.05) is 18.1 Å². The summed E-state index contributed by atoms with van der Waals surface area (Å²) in [5, 5.41) is 15.6. The van der Waals surface area contributed by atoms with Gasteiger partial charge in [0.05, 0.1) is 24.1 Å². The van der Waals surface area contributed by atoms with Crippen LogP contribution in [0.1, 0.15) is 18.3 Å². The number of aromatic nitrogens is 5. The highest BCUT2D eigenvalue weighted by Crippen LogP contribution is 2.30. The van der Waals surface area contributed by atoms with Crippen molar-refractivity contribution >= 4 is 11.0 Å². The summed E-state index contributed by atoms with van der Waals surface area (Å²) in [6, 6.07) is 10.7. The van der Waals surface area contributed by atoms with E-state index in [1.807, 2.05) is 35.8 Å². The van der Waals surface area contributed by atoms with Gasteiger partial charge in [0.15, 0.2) is 0 Å². The van der Waals surface area contributed by atoms with E-state index in [0.29, 0.717) is 6.42 Å². The Morgan fingerprint density at radius 1 is 1.11 bits per heavy atom. The number of hydrogen-bond donors (Lipinski definition) is 1. The standard InChI is InChI=1S/C20H19F2N5O/c1-2-19-25-17-5-3-4-6-18(17)27(19)11-20(28,10-26-13-23-12-24-26)15-8-7-14(21)9-16(15)22/h3-9,12-13,28H,2,10-11H2,1H3. The Morgan fingerprint density at radius 2 is 1.93 bits per heavy atom. The summed E-state index contributed by atoms with van der Waals surface area (Å²) in [7, 11) is 0. The largest absolute Gasteiger partial charge is 0.381 e. The third-order valence-corrected chi connectivity index (χ3v) is 4.79. The minimum absolute atomic E-state index is 0.00997. The molecule has 0 amide bonds. The zero-order valence-corrected chi connectivity index (χ0v) is 15.3. The van der Waals surface area contributed by atoms with Crippen molar-refractivity contribution in [1.82, 2.24) is 24.3 Å². The van der Waals surface area contributed by atoms with E-state index in [1.54, 1.807) is 0 Å². The maximum atomic E-state index is 14.6. The first-order chi connectivity index (χ1) is 13.5. The Kier molecular flexibility index (Phi) is 4.64. The average Bonchev–Trinajstić information content (AvgIpc) is 3.29. The maximum Gasteiger partial charge on any atom is 0.137 e. The van der Waals surface area contributed by atoms with Crippen LogP contribution >= 0.6 is 0 Å². The second kappa shape index (κ2) is 7.12. The molecule has 0 radical (unpaired) electrons. The van der Waals surface area contributed by atoms with Crippen molar-refractivity contribution in [3.05, 3.63) is 78.1 Å². The Morgan fingerprint density at radius 3 is 2.64 bits per heavy atom. The lowest BCUT2D eigenvalue weighted by molar-refractivity contribution is -0.00510. The Balaban J connectivity index is 1.85. The number of para-hydroxylation sites is 2. The molecule has 2 aromatic carbocycles. The van der Waals surface area contributed by atoms with Crippen LogP contribution in [0.3, 0.4) is 0 Å². The molecule has 1 N–H and O–H groups in total. The molecule has 0 saturated heterocycles. The van der Waals surface area contributed by atoms with Gasteiger partial charge in [0.1, 0.15) is 35.7 Å². The molecule has 2 heterocycles. The molecule has 144 valence electrons. The van der Waals surface area contributed by atoms with Crippen LogP contribution in [0.2, 0.25) is 0 Å². The van der Waals surface area contributed by atoms with E-state index < -0.39 is 17.2 Å². The summed E-state index contributed by atoms with van der Waals surface area (Å²) < 4.78 is 31.4. The van der Waals surface area contributed by atoms with Crippen LogP contribution < -0.4 is 0 Å². The van der Waals surface area contributed by atoms with Gasteiger partial charge in [0.2, 0.25) is 0 Å². The molecule has 0 aliphatic heterocycles. The van der Waals surface area contributed by atoms with Crippen molar-refractivity contribution in [2.24, 2.45) is 0 Å². The summed E-state index contributed by atoms with van der Waals surface area (Å²) in [4.78, 5) is 8.49. The lowest BCUT2D eigenvalue weighted by atomic mass is 9.92. The SMILES string of the molecule is CCc1nc2ccccc2n1CC(O)(Cn1cncn1)c1ccc(F)cc1F. The molecule has 0 bridgehead atoms. The molecule has 1 unspecified atom stereocenters. The zero-order valence-electron chi connectivity index (χ0n) is 15.3. The van der Waals surface area contributed by atoms with E-state index in [2.05, 4.69) is 15.1 Å². The van der Waals surface area contributed by atoms with Gasteiger partial charge in [-0.15, -0.1) is 0 Å². The topological polar surface area (TPSA) is 68.8 Å². The lowest BCUT2D eigenvalue weighted by Crippen LogP contribution is -2.38. The molecule has 6 nitrogen and oxygen atoms in total. The molecule has 0 aliphatic carbocycles. The molecule has 0 saturated carbocycles. The predicted octanol–water partition coefficient (Wildman–Crippen LogP) is 3.06. The van der Waals surface area contributed by atoms with Crippen molar-refractivity contribution < 1.29 is 13.9 Å². The fourth-order valence-electron chi connectivity index (χ4n) is 3.50. The van der Waals surface area contributed by atoms with Gasteiger partial charge in [-0.2, -0.15) is 5.10 Å². The Labute approximate surface area is 160 Å². The Hall–Kier alpha value is -3.13. The minimum atomic E-state index is -1.70. The number of benzene rings is 2. The van der Waals surface area contributed by atoms with Gasteiger partial charge in [-0.05, 0) is 18.2 Å². The van der Waals surface area contributed by atoms with Gasteiger partial charge in [0.25, 0.3) is 0 Å². The van der Waals surface area contributed by atoms with Crippen molar-refractivity contribution in [3.63, 3.8) is 0 Å². The smallest absolute Gasteiger partial charge is 0.137 e.